The molecule has 0 fully saturated rings. The van der Waals surface area contributed by atoms with Gasteiger partial charge in [-0.25, -0.2) is 4.39 Å². The van der Waals surface area contributed by atoms with Crippen LogP contribution in [0.5, 0.6) is 0 Å². The molecule has 0 aliphatic rings. The molecular formula is C13H10BrFN2. The van der Waals surface area contributed by atoms with Gasteiger partial charge in [0.25, 0.3) is 0 Å². The van der Waals surface area contributed by atoms with E-state index in [0.717, 1.165) is 10.2 Å². The molecule has 0 N–H and O–H groups in total. The van der Waals surface area contributed by atoms with Gasteiger partial charge in [-0.15, -0.1) is 0 Å². The fourth-order valence-corrected chi connectivity index (χ4v) is 2.13. The lowest BCUT2D eigenvalue weighted by atomic mass is 10.1. The second kappa shape index (κ2) is 4.34. The second-order valence-corrected chi connectivity index (χ2v) is 4.74. The third-order valence-corrected chi connectivity index (χ3v) is 3.35. The van der Waals surface area contributed by atoms with E-state index in [1.54, 1.807) is 18.2 Å². The summed E-state index contributed by atoms with van der Waals surface area (Å²) in [5.41, 5.74) is 2.60. The summed E-state index contributed by atoms with van der Waals surface area (Å²) in [6.07, 6.45) is 0. The highest BCUT2D eigenvalue weighted by molar-refractivity contribution is 9.10. The minimum absolute atomic E-state index is 0.293. The molecule has 2 rings (SSSR count). The zero-order valence-electron chi connectivity index (χ0n) is 9.46. The lowest BCUT2D eigenvalue weighted by molar-refractivity contribution is 0.629. The van der Waals surface area contributed by atoms with Crippen LogP contribution < -0.4 is 0 Å². The lowest BCUT2D eigenvalue weighted by Crippen LogP contribution is -1.96. The zero-order chi connectivity index (χ0) is 12.6. The van der Waals surface area contributed by atoms with Crippen molar-refractivity contribution in [3.05, 3.63) is 45.8 Å². The third kappa shape index (κ3) is 1.98. The zero-order valence-corrected chi connectivity index (χ0v) is 11.0. The molecule has 1 aromatic carbocycles. The molecule has 0 unspecified atom stereocenters. The Balaban J connectivity index is 2.69. The van der Waals surface area contributed by atoms with E-state index in [0.29, 0.717) is 16.8 Å². The van der Waals surface area contributed by atoms with Gasteiger partial charge in [0.05, 0.1) is 11.3 Å². The first-order chi connectivity index (χ1) is 8.04. The average molecular weight is 293 g/mol. The molecule has 0 spiro atoms. The summed E-state index contributed by atoms with van der Waals surface area (Å²) in [5, 5.41) is 8.96. The van der Waals surface area contributed by atoms with Crippen molar-refractivity contribution in [2.24, 2.45) is 7.05 Å². The van der Waals surface area contributed by atoms with Gasteiger partial charge in [-0.1, -0.05) is 15.9 Å². The number of aromatic nitrogens is 1. The third-order valence-electron chi connectivity index (χ3n) is 2.86. The Morgan fingerprint density at radius 3 is 2.65 bits per heavy atom. The van der Waals surface area contributed by atoms with Gasteiger partial charge in [0, 0.05) is 22.8 Å². The van der Waals surface area contributed by atoms with E-state index in [2.05, 4.69) is 22.0 Å². The Morgan fingerprint density at radius 1 is 1.35 bits per heavy atom. The lowest BCUT2D eigenvalue weighted by Gasteiger charge is -2.06. The van der Waals surface area contributed by atoms with E-state index in [4.69, 9.17) is 5.26 Å². The van der Waals surface area contributed by atoms with Crippen molar-refractivity contribution < 1.29 is 4.39 Å². The van der Waals surface area contributed by atoms with Crippen molar-refractivity contribution in [3.63, 3.8) is 0 Å². The van der Waals surface area contributed by atoms with Gasteiger partial charge in [0.2, 0.25) is 0 Å². The topological polar surface area (TPSA) is 28.7 Å². The smallest absolute Gasteiger partial charge is 0.132 e. The summed E-state index contributed by atoms with van der Waals surface area (Å²) in [7, 11) is 1.83. The van der Waals surface area contributed by atoms with Crippen molar-refractivity contribution in [1.82, 2.24) is 4.57 Å². The van der Waals surface area contributed by atoms with Crippen LogP contribution >= 0.6 is 15.9 Å². The largest absolute Gasteiger partial charge is 0.347 e. The second-order valence-electron chi connectivity index (χ2n) is 3.82. The Bertz CT molecular complexity index is 623. The van der Waals surface area contributed by atoms with Crippen LogP contribution in [0, 0.1) is 24.1 Å². The molecule has 0 aliphatic carbocycles. The first-order valence-electron chi connectivity index (χ1n) is 5.06. The van der Waals surface area contributed by atoms with Gasteiger partial charge in [-0.3, -0.25) is 0 Å². The maximum Gasteiger partial charge on any atom is 0.132 e. The number of hydrogen-bond donors (Lipinski definition) is 0. The van der Waals surface area contributed by atoms with E-state index in [9.17, 15) is 4.39 Å². The van der Waals surface area contributed by atoms with Gasteiger partial charge in [0.1, 0.15) is 11.9 Å². The van der Waals surface area contributed by atoms with E-state index in [1.165, 1.54) is 6.07 Å². The number of hydrogen-bond acceptors (Lipinski definition) is 1. The van der Waals surface area contributed by atoms with Gasteiger partial charge in [0.15, 0.2) is 0 Å². The van der Waals surface area contributed by atoms with E-state index < -0.39 is 0 Å². The van der Waals surface area contributed by atoms with Crippen LogP contribution in [-0.2, 0) is 7.05 Å². The highest BCUT2D eigenvalue weighted by Crippen LogP contribution is 2.29. The van der Waals surface area contributed by atoms with Gasteiger partial charge < -0.3 is 4.57 Å². The highest BCUT2D eigenvalue weighted by Gasteiger charge is 2.13. The van der Waals surface area contributed by atoms with Crippen LogP contribution in [0.1, 0.15) is 11.3 Å². The fourth-order valence-electron chi connectivity index (χ4n) is 1.76. The number of halogens is 2. The van der Waals surface area contributed by atoms with Crippen LogP contribution in [0.25, 0.3) is 11.3 Å². The van der Waals surface area contributed by atoms with Crippen molar-refractivity contribution in [1.29, 1.82) is 5.26 Å². The summed E-state index contributed by atoms with van der Waals surface area (Å²) in [4.78, 5) is 0. The maximum atomic E-state index is 13.8. The monoisotopic (exact) mass is 292 g/mol. The molecule has 1 aromatic heterocycles. The molecule has 4 heteroatoms. The van der Waals surface area contributed by atoms with E-state index in [-0.39, 0.29) is 5.82 Å². The summed E-state index contributed by atoms with van der Waals surface area (Å²) in [6.45, 7) is 1.85. The summed E-state index contributed by atoms with van der Waals surface area (Å²) in [6, 6.07) is 8.59. The molecule has 86 valence electrons. The minimum atomic E-state index is -0.293. The van der Waals surface area contributed by atoms with Crippen LogP contribution in [0.2, 0.25) is 0 Å². The minimum Gasteiger partial charge on any atom is -0.347 e. The molecule has 2 aromatic rings. The van der Waals surface area contributed by atoms with Crippen molar-refractivity contribution in [2.45, 2.75) is 6.92 Å². The van der Waals surface area contributed by atoms with Gasteiger partial charge in [-0.2, -0.15) is 5.26 Å². The van der Waals surface area contributed by atoms with Crippen LogP contribution in [0.4, 0.5) is 4.39 Å². The summed E-state index contributed by atoms with van der Waals surface area (Å²) in [5.74, 6) is -0.293. The molecule has 0 amide bonds. The quantitative estimate of drug-likeness (QED) is 0.786. The Hall–Kier alpha value is -1.60. The number of benzene rings is 1. The Labute approximate surface area is 107 Å². The predicted octanol–water partition coefficient (Wildman–Crippen LogP) is 3.77. The molecule has 17 heavy (non-hydrogen) atoms. The summed E-state index contributed by atoms with van der Waals surface area (Å²) >= 11 is 3.32. The highest BCUT2D eigenvalue weighted by atomic mass is 79.9. The molecule has 1 heterocycles. The van der Waals surface area contributed by atoms with Crippen molar-refractivity contribution in [2.75, 3.05) is 0 Å². The standard InChI is InChI=1S/C13H10BrFN2/c1-8-9(7-16)5-13(17(8)2)11-6-10(14)3-4-12(11)15/h3-6H,1-2H3. The molecule has 0 bridgehead atoms. The van der Waals surface area contributed by atoms with Crippen molar-refractivity contribution >= 4 is 15.9 Å². The van der Waals surface area contributed by atoms with Gasteiger partial charge >= 0.3 is 0 Å². The molecule has 0 atom stereocenters. The molecule has 2 nitrogen and oxygen atoms in total. The summed E-state index contributed by atoms with van der Waals surface area (Å²) < 4.78 is 16.4. The molecule has 0 saturated carbocycles. The number of nitrogens with zero attached hydrogens (tertiary/aromatic N) is 2. The molecule has 0 saturated heterocycles. The molecular weight excluding hydrogens is 283 g/mol. The fraction of sp³-hybridized carbons (Fsp3) is 0.154. The molecule has 0 aliphatic heterocycles. The van der Waals surface area contributed by atoms with E-state index in [1.807, 2.05) is 18.5 Å². The predicted molar refractivity (Wildman–Crippen MR) is 68.0 cm³/mol. The first kappa shape index (κ1) is 11.9. The van der Waals surface area contributed by atoms with Crippen LogP contribution in [-0.4, -0.2) is 4.57 Å². The van der Waals surface area contributed by atoms with Crippen LogP contribution in [0.3, 0.4) is 0 Å². The maximum absolute atomic E-state index is 13.8. The van der Waals surface area contributed by atoms with E-state index >= 15 is 0 Å². The first-order valence-corrected chi connectivity index (χ1v) is 5.85. The van der Waals surface area contributed by atoms with Crippen molar-refractivity contribution in [3.8, 4) is 17.3 Å². The average Bonchev–Trinajstić information content (AvgIpc) is 2.59. The number of rotatable bonds is 1. The Morgan fingerprint density at radius 2 is 2.06 bits per heavy atom. The van der Waals surface area contributed by atoms with Crippen LogP contribution in [0.15, 0.2) is 28.7 Å². The number of nitriles is 1. The molecule has 0 radical (unpaired) electrons. The Kier molecular flexibility index (Phi) is 3.03. The SMILES string of the molecule is Cc1c(C#N)cc(-c2cc(Br)ccc2F)n1C. The van der Waals surface area contributed by atoms with Gasteiger partial charge in [-0.05, 0) is 31.2 Å². The normalized spacial score (nSPS) is 10.3.